The molecule has 0 saturated carbocycles. The van der Waals surface area contributed by atoms with Gasteiger partial charge in [0.1, 0.15) is 6.04 Å². The van der Waals surface area contributed by atoms with Gasteiger partial charge in [0.05, 0.1) is 14.2 Å². The fraction of sp³-hybridized carbons (Fsp3) is 0.312. The first-order valence-electron chi connectivity index (χ1n) is 6.54. The van der Waals surface area contributed by atoms with Crippen LogP contribution in [0.5, 0.6) is 0 Å². The van der Waals surface area contributed by atoms with Gasteiger partial charge in [-0.1, -0.05) is 5.92 Å². The van der Waals surface area contributed by atoms with Crippen molar-refractivity contribution in [2.75, 3.05) is 14.2 Å². The Morgan fingerprint density at radius 2 is 1.82 bits per heavy atom. The van der Waals surface area contributed by atoms with Gasteiger partial charge < -0.3 is 14.8 Å². The molecule has 1 N–H and O–H groups in total. The zero-order chi connectivity index (χ0) is 16.5. The van der Waals surface area contributed by atoms with Crippen LogP contribution in [-0.4, -0.2) is 38.1 Å². The molecule has 0 aliphatic heterocycles. The summed E-state index contributed by atoms with van der Waals surface area (Å²) in [5.41, 5.74) is 0.998. The highest BCUT2D eigenvalue weighted by atomic mass is 16.5. The predicted molar refractivity (Wildman–Crippen MR) is 78.9 cm³/mol. The van der Waals surface area contributed by atoms with Crippen molar-refractivity contribution in [3.05, 3.63) is 35.4 Å². The zero-order valence-electron chi connectivity index (χ0n) is 12.4. The summed E-state index contributed by atoms with van der Waals surface area (Å²) in [7, 11) is 2.46. The normalized spacial score (nSPS) is 11.0. The molecule has 116 valence electrons. The molecule has 0 unspecified atom stereocenters. The molecule has 0 bridgehead atoms. The number of nitrogens with one attached hydrogen (secondary N) is 1. The molecule has 0 aliphatic carbocycles. The second kappa shape index (κ2) is 8.47. The van der Waals surface area contributed by atoms with Crippen molar-refractivity contribution >= 4 is 17.8 Å². The molecule has 0 saturated heterocycles. The second-order valence-electron chi connectivity index (χ2n) is 4.39. The molecule has 1 aromatic carbocycles. The average molecular weight is 303 g/mol. The standard InChI is InChI=1S/C16H17NO5/c1-4-11-5-7-12(8-6-11)15(19)17-13(16(20)22-3)9-10-14(18)21-2/h1,5-8,13H,9-10H2,2-3H3,(H,17,19)/t13-/m0/s1. The molecule has 1 atom stereocenters. The molecular formula is C16H17NO5. The first kappa shape index (κ1) is 17.2. The van der Waals surface area contributed by atoms with E-state index in [1.807, 2.05) is 0 Å². The Hall–Kier alpha value is -2.81. The highest BCUT2D eigenvalue weighted by Gasteiger charge is 2.23. The van der Waals surface area contributed by atoms with E-state index in [9.17, 15) is 14.4 Å². The van der Waals surface area contributed by atoms with E-state index in [-0.39, 0.29) is 12.8 Å². The maximum Gasteiger partial charge on any atom is 0.328 e. The van der Waals surface area contributed by atoms with Crippen LogP contribution in [0.1, 0.15) is 28.8 Å². The maximum absolute atomic E-state index is 12.1. The van der Waals surface area contributed by atoms with Crippen LogP contribution in [0.4, 0.5) is 0 Å². The highest BCUT2D eigenvalue weighted by molar-refractivity contribution is 5.96. The van der Waals surface area contributed by atoms with Gasteiger partial charge in [-0.15, -0.1) is 6.42 Å². The first-order chi connectivity index (χ1) is 10.5. The lowest BCUT2D eigenvalue weighted by molar-refractivity contribution is -0.144. The van der Waals surface area contributed by atoms with Gasteiger partial charge in [-0.05, 0) is 30.7 Å². The minimum absolute atomic E-state index is 0.00736. The SMILES string of the molecule is C#Cc1ccc(C(=O)N[C@@H](CCC(=O)OC)C(=O)OC)cc1. The molecule has 0 aromatic heterocycles. The summed E-state index contributed by atoms with van der Waals surface area (Å²) in [6, 6.07) is 5.43. The Kier molecular flexibility index (Phi) is 6.64. The van der Waals surface area contributed by atoms with E-state index < -0.39 is 23.9 Å². The lowest BCUT2D eigenvalue weighted by atomic mass is 10.1. The number of benzene rings is 1. The molecule has 0 aliphatic rings. The smallest absolute Gasteiger partial charge is 0.328 e. The third kappa shape index (κ3) is 4.94. The number of carbonyl (C=O) groups is 3. The number of methoxy groups -OCH3 is 2. The average Bonchev–Trinajstić information content (AvgIpc) is 2.57. The van der Waals surface area contributed by atoms with E-state index >= 15 is 0 Å². The molecule has 6 nitrogen and oxygen atoms in total. The van der Waals surface area contributed by atoms with Gasteiger partial charge in [0.25, 0.3) is 5.91 Å². The van der Waals surface area contributed by atoms with Crippen molar-refractivity contribution < 1.29 is 23.9 Å². The van der Waals surface area contributed by atoms with E-state index in [1.165, 1.54) is 14.2 Å². The van der Waals surface area contributed by atoms with Crippen molar-refractivity contribution in [1.82, 2.24) is 5.32 Å². The quantitative estimate of drug-likeness (QED) is 0.623. The second-order valence-corrected chi connectivity index (χ2v) is 4.39. The minimum atomic E-state index is -0.927. The van der Waals surface area contributed by atoms with Crippen molar-refractivity contribution in [2.24, 2.45) is 0 Å². The van der Waals surface area contributed by atoms with Crippen molar-refractivity contribution in [2.45, 2.75) is 18.9 Å². The number of terminal acetylenes is 1. The molecule has 0 spiro atoms. The van der Waals surface area contributed by atoms with Gasteiger partial charge in [0.2, 0.25) is 0 Å². The Balaban J connectivity index is 2.75. The van der Waals surface area contributed by atoms with Gasteiger partial charge in [-0.3, -0.25) is 9.59 Å². The fourth-order valence-corrected chi connectivity index (χ4v) is 1.71. The lowest BCUT2D eigenvalue weighted by Crippen LogP contribution is -2.41. The van der Waals surface area contributed by atoms with Gasteiger partial charge >= 0.3 is 11.9 Å². The van der Waals surface area contributed by atoms with Crippen LogP contribution in [0.2, 0.25) is 0 Å². The van der Waals surface area contributed by atoms with Crippen LogP contribution < -0.4 is 5.32 Å². The molecule has 1 rings (SSSR count). The molecule has 0 fully saturated rings. The first-order valence-corrected chi connectivity index (χ1v) is 6.54. The largest absolute Gasteiger partial charge is 0.469 e. The topological polar surface area (TPSA) is 81.7 Å². The molecule has 22 heavy (non-hydrogen) atoms. The van der Waals surface area contributed by atoms with Crippen LogP contribution in [0, 0.1) is 12.3 Å². The minimum Gasteiger partial charge on any atom is -0.469 e. The lowest BCUT2D eigenvalue weighted by Gasteiger charge is -2.16. The summed E-state index contributed by atoms with van der Waals surface area (Å²) >= 11 is 0. The van der Waals surface area contributed by atoms with Crippen LogP contribution in [0.15, 0.2) is 24.3 Å². The number of carbonyl (C=O) groups excluding carboxylic acids is 3. The van der Waals surface area contributed by atoms with Crippen LogP contribution in [-0.2, 0) is 19.1 Å². The summed E-state index contributed by atoms with van der Waals surface area (Å²) in [5, 5.41) is 2.53. The molecule has 0 heterocycles. The van der Waals surface area contributed by atoms with Crippen molar-refractivity contribution in [3.63, 3.8) is 0 Å². The third-order valence-electron chi connectivity index (χ3n) is 2.97. The number of rotatable bonds is 6. The number of hydrogen-bond donors (Lipinski definition) is 1. The molecule has 6 heteroatoms. The van der Waals surface area contributed by atoms with E-state index in [0.717, 1.165) is 0 Å². The molecule has 0 radical (unpaired) electrons. The van der Waals surface area contributed by atoms with E-state index in [1.54, 1.807) is 24.3 Å². The Bertz CT molecular complexity index is 586. The molecular weight excluding hydrogens is 286 g/mol. The fourth-order valence-electron chi connectivity index (χ4n) is 1.71. The number of amides is 1. The van der Waals surface area contributed by atoms with E-state index in [2.05, 4.69) is 20.7 Å². The summed E-state index contributed by atoms with van der Waals surface area (Å²) in [4.78, 5) is 34.9. The number of esters is 2. The van der Waals surface area contributed by atoms with Gasteiger partial charge in [0, 0.05) is 17.5 Å². The van der Waals surface area contributed by atoms with Crippen LogP contribution in [0.25, 0.3) is 0 Å². The molecule has 1 aromatic rings. The number of hydrogen-bond acceptors (Lipinski definition) is 5. The van der Waals surface area contributed by atoms with Crippen LogP contribution >= 0.6 is 0 Å². The van der Waals surface area contributed by atoms with Gasteiger partial charge in [-0.25, -0.2) is 4.79 Å². The summed E-state index contributed by atoms with van der Waals surface area (Å²) in [6.07, 6.45) is 5.32. The Morgan fingerprint density at radius 1 is 1.18 bits per heavy atom. The summed E-state index contributed by atoms with van der Waals surface area (Å²) < 4.78 is 9.13. The monoisotopic (exact) mass is 303 g/mol. The van der Waals surface area contributed by atoms with Crippen molar-refractivity contribution in [3.8, 4) is 12.3 Å². The maximum atomic E-state index is 12.1. The summed E-state index contributed by atoms with van der Waals surface area (Å²) in [5.74, 6) is 0.890. The predicted octanol–water partition coefficient (Wildman–Crippen LogP) is 0.892. The molecule has 1 amide bonds. The zero-order valence-corrected chi connectivity index (χ0v) is 12.4. The van der Waals surface area contributed by atoms with E-state index in [0.29, 0.717) is 11.1 Å². The Morgan fingerprint density at radius 3 is 2.32 bits per heavy atom. The third-order valence-corrected chi connectivity index (χ3v) is 2.97. The number of ether oxygens (including phenoxy) is 2. The Labute approximate surface area is 128 Å². The van der Waals surface area contributed by atoms with Crippen molar-refractivity contribution in [1.29, 1.82) is 0 Å². The summed E-state index contributed by atoms with van der Waals surface area (Å²) in [6.45, 7) is 0. The van der Waals surface area contributed by atoms with Gasteiger partial charge in [-0.2, -0.15) is 0 Å². The van der Waals surface area contributed by atoms with E-state index in [4.69, 9.17) is 6.42 Å². The highest BCUT2D eigenvalue weighted by Crippen LogP contribution is 2.06. The van der Waals surface area contributed by atoms with Crippen LogP contribution in [0.3, 0.4) is 0 Å². The van der Waals surface area contributed by atoms with Gasteiger partial charge in [0.15, 0.2) is 0 Å².